The molecular formula is C17H20P2. The van der Waals surface area contributed by atoms with E-state index >= 15 is 0 Å². The van der Waals surface area contributed by atoms with Gasteiger partial charge in [-0.3, -0.25) is 0 Å². The monoisotopic (exact) mass is 286 g/mol. The lowest BCUT2D eigenvalue weighted by Crippen LogP contribution is -2.18. The van der Waals surface area contributed by atoms with Crippen molar-refractivity contribution in [3.63, 3.8) is 0 Å². The van der Waals surface area contributed by atoms with E-state index in [4.69, 9.17) is 0 Å². The van der Waals surface area contributed by atoms with E-state index in [1.165, 1.54) is 19.0 Å². The summed E-state index contributed by atoms with van der Waals surface area (Å²) in [5.74, 6) is 0. The highest BCUT2D eigenvalue weighted by atomic mass is 31.2. The van der Waals surface area contributed by atoms with E-state index in [1.807, 2.05) is 0 Å². The van der Waals surface area contributed by atoms with Crippen molar-refractivity contribution in [1.29, 1.82) is 0 Å². The number of benzene rings is 2. The summed E-state index contributed by atoms with van der Waals surface area (Å²) < 4.78 is 0. The molecule has 0 unspecified atom stereocenters. The Bertz CT molecular complexity index is 470. The molecule has 0 spiro atoms. The zero-order valence-electron chi connectivity index (χ0n) is 11.4. The van der Waals surface area contributed by atoms with Crippen LogP contribution in [0.2, 0.25) is 0 Å². The summed E-state index contributed by atoms with van der Waals surface area (Å²) in [6, 6.07) is 22.4. The van der Waals surface area contributed by atoms with E-state index in [0.717, 1.165) is 5.40 Å². The van der Waals surface area contributed by atoms with Gasteiger partial charge in [-0.2, -0.15) is 0 Å². The van der Waals surface area contributed by atoms with Crippen LogP contribution in [0.25, 0.3) is 0 Å². The Morgan fingerprint density at radius 1 is 0.895 bits per heavy atom. The predicted molar refractivity (Wildman–Crippen MR) is 89.8 cm³/mol. The summed E-state index contributed by atoms with van der Waals surface area (Å²) in [5, 5.41) is 4.05. The minimum atomic E-state index is -0.163. The predicted octanol–water partition coefficient (Wildman–Crippen LogP) is 4.35. The number of hydrogen-bond acceptors (Lipinski definition) is 0. The molecule has 1 saturated heterocycles. The second-order valence-corrected chi connectivity index (χ2v) is 10.5. The van der Waals surface area contributed by atoms with Crippen LogP contribution in [0.15, 0.2) is 60.7 Å². The third kappa shape index (κ3) is 2.91. The van der Waals surface area contributed by atoms with Gasteiger partial charge >= 0.3 is 0 Å². The molecular weight excluding hydrogens is 266 g/mol. The van der Waals surface area contributed by atoms with Crippen LogP contribution in [-0.2, 0) is 0 Å². The maximum Gasteiger partial charge on any atom is 0.00720 e. The zero-order valence-corrected chi connectivity index (χ0v) is 13.2. The molecule has 0 bridgehead atoms. The Kier molecular flexibility index (Phi) is 4.31. The molecule has 2 aromatic carbocycles. The highest BCUT2D eigenvalue weighted by Crippen LogP contribution is 2.61. The fourth-order valence-corrected chi connectivity index (χ4v) is 9.63. The van der Waals surface area contributed by atoms with E-state index in [1.54, 1.807) is 10.6 Å². The molecule has 2 heteroatoms. The summed E-state index contributed by atoms with van der Waals surface area (Å²) in [4.78, 5) is 0. The summed E-state index contributed by atoms with van der Waals surface area (Å²) in [6.07, 6.45) is 4.33. The molecule has 0 aliphatic carbocycles. The van der Waals surface area contributed by atoms with Crippen molar-refractivity contribution in [3.8, 4) is 0 Å². The molecule has 1 heterocycles. The van der Waals surface area contributed by atoms with Gasteiger partial charge in [0.05, 0.1) is 0 Å². The quantitative estimate of drug-likeness (QED) is 0.736. The Hall–Kier alpha value is -0.700. The molecule has 0 amide bonds. The van der Waals surface area contributed by atoms with Gasteiger partial charge in [0, 0.05) is 5.40 Å². The lowest BCUT2D eigenvalue weighted by molar-refractivity contribution is 0.920. The van der Waals surface area contributed by atoms with Crippen LogP contribution in [0.3, 0.4) is 0 Å². The van der Waals surface area contributed by atoms with Crippen molar-refractivity contribution in [2.24, 2.45) is 0 Å². The first kappa shape index (κ1) is 13.3. The van der Waals surface area contributed by atoms with Crippen LogP contribution in [0.1, 0.15) is 12.8 Å². The van der Waals surface area contributed by atoms with Crippen molar-refractivity contribution in [2.45, 2.75) is 18.2 Å². The van der Waals surface area contributed by atoms with Gasteiger partial charge in [-0.25, -0.2) is 0 Å². The first-order chi connectivity index (χ1) is 9.36. The highest BCUT2D eigenvalue weighted by Gasteiger charge is 2.32. The van der Waals surface area contributed by atoms with Gasteiger partial charge in [0.1, 0.15) is 0 Å². The number of rotatable bonds is 3. The molecule has 0 saturated carbocycles. The first-order valence-corrected chi connectivity index (χ1v) is 10.4. The smallest absolute Gasteiger partial charge is 0.00720 e. The van der Waals surface area contributed by atoms with Crippen molar-refractivity contribution in [3.05, 3.63) is 60.7 Å². The molecule has 2 atom stereocenters. The number of hydrogen-bond donors (Lipinski definition) is 0. The summed E-state index contributed by atoms with van der Waals surface area (Å²) >= 11 is 0. The third-order valence-electron chi connectivity index (χ3n) is 3.85. The lowest BCUT2D eigenvalue weighted by Gasteiger charge is -2.28. The highest BCUT2D eigenvalue weighted by molar-refractivity contribution is 7.84. The third-order valence-corrected chi connectivity index (χ3v) is 10.6. The van der Waals surface area contributed by atoms with E-state index in [0.29, 0.717) is 0 Å². The molecule has 1 aliphatic rings. The molecule has 1 aliphatic heterocycles. The lowest BCUT2D eigenvalue weighted by atomic mass is 10.4. The largest absolute Gasteiger partial charge is 0.102 e. The minimum absolute atomic E-state index is 0.163. The normalized spacial score (nSPS) is 22.8. The van der Waals surface area contributed by atoms with Gasteiger partial charge in [0.2, 0.25) is 0 Å². The average Bonchev–Trinajstić information content (AvgIpc) is 2.88. The van der Waals surface area contributed by atoms with E-state index < -0.39 is 0 Å². The Morgan fingerprint density at radius 3 is 1.84 bits per heavy atom. The Labute approximate surface area is 118 Å². The van der Waals surface area contributed by atoms with E-state index in [9.17, 15) is 0 Å². The van der Waals surface area contributed by atoms with Gasteiger partial charge in [-0.05, 0) is 44.2 Å². The molecule has 2 aromatic rings. The fraction of sp³-hybridized carbons (Fsp3) is 0.294. The maximum absolute atomic E-state index is 2.51. The molecule has 19 heavy (non-hydrogen) atoms. The zero-order chi connectivity index (χ0) is 13.1. The van der Waals surface area contributed by atoms with Crippen molar-refractivity contribution in [2.75, 3.05) is 12.8 Å². The SMILES string of the molecule is C[P@]1CCC[C@@H]1P(c1ccccc1)c1ccccc1. The molecule has 0 radical (unpaired) electrons. The minimum Gasteiger partial charge on any atom is -0.102 e. The van der Waals surface area contributed by atoms with Crippen LogP contribution in [0.4, 0.5) is 0 Å². The van der Waals surface area contributed by atoms with Crippen LogP contribution < -0.4 is 10.6 Å². The molecule has 3 rings (SSSR count). The molecule has 0 nitrogen and oxygen atoms in total. The van der Waals surface area contributed by atoms with Crippen LogP contribution in [0.5, 0.6) is 0 Å². The van der Waals surface area contributed by atoms with Crippen molar-refractivity contribution < 1.29 is 0 Å². The van der Waals surface area contributed by atoms with Gasteiger partial charge in [0.15, 0.2) is 0 Å². The second-order valence-electron chi connectivity index (χ2n) is 5.14. The van der Waals surface area contributed by atoms with Crippen LogP contribution in [-0.4, -0.2) is 18.2 Å². The summed E-state index contributed by atoms with van der Waals surface area (Å²) in [6.45, 7) is 2.51. The van der Waals surface area contributed by atoms with Gasteiger partial charge in [0.25, 0.3) is 0 Å². The molecule has 98 valence electrons. The van der Waals surface area contributed by atoms with E-state index in [2.05, 4.69) is 67.3 Å². The Balaban J connectivity index is 2.01. The second kappa shape index (κ2) is 6.17. The topological polar surface area (TPSA) is 0 Å². The van der Waals surface area contributed by atoms with Gasteiger partial charge in [-0.15, -0.1) is 7.92 Å². The average molecular weight is 286 g/mol. The molecule has 0 N–H and O–H groups in total. The van der Waals surface area contributed by atoms with E-state index in [-0.39, 0.29) is 15.8 Å². The van der Waals surface area contributed by atoms with Gasteiger partial charge < -0.3 is 0 Å². The standard InChI is InChI=1S/C17H20P2/c1-18-14-8-13-17(18)19(15-9-4-2-5-10-15)16-11-6-3-7-12-16/h2-7,9-12,17H,8,13-14H2,1H3/t17-,18+/m0/s1. The van der Waals surface area contributed by atoms with Gasteiger partial charge in [-0.1, -0.05) is 60.7 Å². The maximum atomic E-state index is 2.51. The summed E-state index contributed by atoms with van der Waals surface area (Å²) in [7, 11) is 0.0512. The molecule has 0 aromatic heterocycles. The van der Waals surface area contributed by atoms with Crippen molar-refractivity contribution in [1.82, 2.24) is 0 Å². The van der Waals surface area contributed by atoms with Crippen LogP contribution in [0, 0.1) is 0 Å². The summed E-state index contributed by atoms with van der Waals surface area (Å²) in [5.41, 5.74) is 0. The van der Waals surface area contributed by atoms with Crippen molar-refractivity contribution >= 4 is 26.5 Å². The molecule has 1 fully saturated rings. The Morgan fingerprint density at radius 2 is 1.42 bits per heavy atom. The fourth-order valence-electron chi connectivity index (χ4n) is 2.89. The first-order valence-electron chi connectivity index (χ1n) is 6.96. The van der Waals surface area contributed by atoms with Crippen LogP contribution >= 0.6 is 15.8 Å².